The normalized spacial score (nSPS) is 10.1. The van der Waals surface area contributed by atoms with E-state index in [2.05, 4.69) is 14.9 Å². The second-order valence-corrected chi connectivity index (χ2v) is 3.34. The molecule has 8 heteroatoms. The molecule has 0 aromatic carbocycles. The molecule has 0 spiro atoms. The first-order valence-electron chi connectivity index (χ1n) is 5.11. The van der Waals surface area contributed by atoms with Crippen LogP contribution in [-0.4, -0.2) is 47.1 Å². The quantitative estimate of drug-likeness (QED) is 0.604. The maximum atomic E-state index is 11.3. The molecule has 18 heavy (non-hydrogen) atoms. The fourth-order valence-corrected chi connectivity index (χ4v) is 1.13. The first-order chi connectivity index (χ1) is 8.54. The maximum absolute atomic E-state index is 11.3. The minimum atomic E-state index is -0.713. The zero-order valence-corrected chi connectivity index (χ0v) is 9.75. The molecule has 100 valence electrons. The number of hydrogen-bond acceptors (Lipinski definition) is 6. The molecule has 0 atom stereocenters. The third-order valence-electron chi connectivity index (χ3n) is 1.92. The van der Waals surface area contributed by atoms with Gasteiger partial charge in [0.2, 0.25) is 17.7 Å². The number of aromatic nitrogens is 1. The van der Waals surface area contributed by atoms with Crippen molar-refractivity contribution in [2.75, 3.05) is 20.3 Å². The molecule has 0 aliphatic carbocycles. The number of rotatable bonds is 6. The van der Waals surface area contributed by atoms with Gasteiger partial charge in [-0.25, -0.2) is 4.79 Å². The number of hydrogen-bond donors (Lipinski definition) is 3. The van der Waals surface area contributed by atoms with Crippen LogP contribution in [0.15, 0.2) is 12.1 Å². The fourth-order valence-electron chi connectivity index (χ4n) is 1.13. The monoisotopic (exact) mass is 258 g/mol. The summed E-state index contributed by atoms with van der Waals surface area (Å²) < 4.78 is 5.16. The fraction of sp³-hybridized carbons (Fsp3) is 0.400. The molecular formula is C10H14N2O6. The molecule has 0 radical (unpaired) electrons. The predicted octanol–water partition coefficient (Wildman–Crippen LogP) is -0.993. The van der Waals surface area contributed by atoms with Gasteiger partial charge in [-0.05, 0) is 0 Å². The number of carbonyl (C=O) groups is 2. The molecule has 0 saturated carbocycles. The van der Waals surface area contributed by atoms with Gasteiger partial charge in [0.25, 0.3) is 0 Å². The summed E-state index contributed by atoms with van der Waals surface area (Å²) in [4.78, 5) is 26.9. The molecule has 0 fully saturated rings. The van der Waals surface area contributed by atoms with E-state index < -0.39 is 17.7 Å². The first kappa shape index (κ1) is 13.8. The lowest BCUT2D eigenvalue weighted by atomic mass is 10.4. The highest BCUT2D eigenvalue weighted by atomic mass is 16.7. The van der Waals surface area contributed by atoms with Gasteiger partial charge in [-0.1, -0.05) is 0 Å². The molecule has 1 amide bonds. The third-order valence-corrected chi connectivity index (χ3v) is 1.92. The summed E-state index contributed by atoms with van der Waals surface area (Å²) in [6.07, 6.45) is -0.105. The van der Waals surface area contributed by atoms with Gasteiger partial charge in [-0.2, -0.15) is 0 Å². The van der Waals surface area contributed by atoms with E-state index in [0.717, 1.165) is 0 Å². The lowest BCUT2D eigenvalue weighted by Crippen LogP contribution is -2.31. The van der Waals surface area contributed by atoms with Crippen LogP contribution in [0, 0.1) is 0 Å². The van der Waals surface area contributed by atoms with Crippen molar-refractivity contribution in [2.24, 2.45) is 0 Å². The molecular weight excluding hydrogens is 244 g/mol. The van der Waals surface area contributed by atoms with Crippen molar-refractivity contribution < 1.29 is 29.4 Å². The Morgan fingerprint density at radius 2 is 1.94 bits per heavy atom. The minimum Gasteiger partial charge on any atom is -0.492 e. The van der Waals surface area contributed by atoms with Crippen molar-refractivity contribution in [3.63, 3.8) is 0 Å². The summed E-state index contributed by atoms with van der Waals surface area (Å²) in [5, 5.41) is 20.8. The van der Waals surface area contributed by atoms with Crippen molar-refractivity contribution in [1.82, 2.24) is 10.0 Å². The number of carbonyl (C=O) groups excluding carboxylic acids is 2. The van der Waals surface area contributed by atoms with E-state index in [1.807, 2.05) is 0 Å². The number of methoxy groups -OCH3 is 1. The topological polar surface area (TPSA) is 110 Å². The second-order valence-electron chi connectivity index (χ2n) is 3.34. The Morgan fingerprint density at radius 3 is 2.50 bits per heavy atom. The van der Waals surface area contributed by atoms with Crippen LogP contribution in [0.25, 0.3) is 0 Å². The van der Waals surface area contributed by atoms with Crippen molar-refractivity contribution >= 4 is 11.9 Å². The van der Waals surface area contributed by atoms with E-state index >= 15 is 0 Å². The van der Waals surface area contributed by atoms with Crippen LogP contribution in [0.5, 0.6) is 11.8 Å². The Bertz CT molecular complexity index is 409. The van der Waals surface area contributed by atoms with E-state index in [1.54, 1.807) is 0 Å². The Balaban J connectivity index is 2.32. The van der Waals surface area contributed by atoms with E-state index in [4.69, 9.17) is 0 Å². The lowest BCUT2D eigenvalue weighted by Gasteiger charge is -2.07. The highest BCUT2D eigenvalue weighted by Crippen LogP contribution is 2.18. The number of nitrogens with one attached hydrogen (secondary N) is 1. The summed E-state index contributed by atoms with van der Waals surface area (Å²) >= 11 is 0. The summed E-state index contributed by atoms with van der Waals surface area (Å²) in [6, 6.07) is 2.34. The summed E-state index contributed by atoms with van der Waals surface area (Å²) in [6.45, 7) is -0.0158. The zero-order chi connectivity index (χ0) is 13.5. The lowest BCUT2D eigenvalue weighted by molar-refractivity contribution is -0.145. The minimum absolute atomic E-state index is 0.0732. The Morgan fingerprint density at radius 1 is 1.33 bits per heavy atom. The van der Waals surface area contributed by atoms with E-state index in [0.29, 0.717) is 4.73 Å². The average Bonchev–Trinajstić information content (AvgIpc) is 2.61. The van der Waals surface area contributed by atoms with Crippen molar-refractivity contribution in [3.8, 4) is 11.8 Å². The van der Waals surface area contributed by atoms with Gasteiger partial charge in [-0.15, -0.1) is 4.73 Å². The molecule has 0 aliphatic rings. The Labute approximate surface area is 103 Å². The van der Waals surface area contributed by atoms with Crippen LogP contribution in [-0.2, 0) is 14.3 Å². The number of nitrogens with zero attached hydrogens (tertiary/aromatic N) is 1. The molecule has 1 aromatic rings. The predicted molar refractivity (Wildman–Crippen MR) is 58.9 cm³/mol. The highest BCUT2D eigenvalue weighted by Gasteiger charge is 2.12. The van der Waals surface area contributed by atoms with E-state index in [1.165, 1.54) is 19.2 Å². The van der Waals surface area contributed by atoms with Crippen molar-refractivity contribution in [2.45, 2.75) is 6.42 Å². The molecule has 3 N–H and O–H groups in total. The Kier molecular flexibility index (Phi) is 5.00. The average molecular weight is 258 g/mol. The van der Waals surface area contributed by atoms with Crippen LogP contribution in [0.3, 0.4) is 0 Å². The molecule has 1 rings (SSSR count). The molecule has 8 nitrogen and oxygen atoms in total. The number of aromatic hydroxyl groups is 2. The van der Waals surface area contributed by atoms with Crippen LogP contribution in [0.2, 0.25) is 0 Å². The molecule has 0 aliphatic heterocycles. The van der Waals surface area contributed by atoms with E-state index in [9.17, 15) is 19.8 Å². The van der Waals surface area contributed by atoms with Gasteiger partial charge in [0.15, 0.2) is 0 Å². The molecule has 0 saturated heterocycles. The van der Waals surface area contributed by atoms with Crippen molar-refractivity contribution in [1.29, 1.82) is 0 Å². The SMILES string of the molecule is COCC(=O)NCCC(=O)On1c(O)ccc1O. The van der Waals surface area contributed by atoms with Crippen molar-refractivity contribution in [3.05, 3.63) is 12.1 Å². The zero-order valence-electron chi connectivity index (χ0n) is 9.75. The highest BCUT2D eigenvalue weighted by molar-refractivity contribution is 5.78. The van der Waals surface area contributed by atoms with Gasteiger partial charge in [0, 0.05) is 25.8 Å². The molecule has 0 unspecified atom stereocenters. The smallest absolute Gasteiger partial charge is 0.334 e. The third kappa shape index (κ3) is 3.98. The van der Waals surface area contributed by atoms with Crippen LogP contribution in [0.1, 0.15) is 6.42 Å². The van der Waals surface area contributed by atoms with E-state index in [-0.39, 0.29) is 25.5 Å². The number of ether oxygens (including phenoxy) is 1. The van der Waals surface area contributed by atoms with Gasteiger partial charge in [0.05, 0.1) is 6.42 Å². The largest absolute Gasteiger partial charge is 0.492 e. The van der Waals surface area contributed by atoms with Gasteiger partial charge < -0.3 is 25.1 Å². The van der Waals surface area contributed by atoms with Gasteiger partial charge in [-0.3, -0.25) is 4.79 Å². The summed E-state index contributed by atoms with van der Waals surface area (Å²) in [7, 11) is 1.38. The molecule has 1 aromatic heterocycles. The van der Waals surface area contributed by atoms with Gasteiger partial charge in [0.1, 0.15) is 6.61 Å². The van der Waals surface area contributed by atoms with Crippen LogP contribution < -0.4 is 10.2 Å². The maximum Gasteiger partial charge on any atom is 0.334 e. The van der Waals surface area contributed by atoms with Crippen LogP contribution in [0.4, 0.5) is 0 Å². The first-order valence-corrected chi connectivity index (χ1v) is 5.11. The second kappa shape index (κ2) is 6.50. The van der Waals surface area contributed by atoms with Crippen LogP contribution >= 0.6 is 0 Å². The standard InChI is InChI=1S/C10H14N2O6/c1-17-6-7(13)11-5-4-10(16)18-12-8(14)2-3-9(12)15/h2-3,14-15H,4-6H2,1H3,(H,11,13). The molecule has 1 heterocycles. The summed E-state index contributed by atoms with van der Waals surface area (Å²) in [5.41, 5.74) is 0. The number of amides is 1. The molecule has 0 bridgehead atoms. The summed E-state index contributed by atoms with van der Waals surface area (Å²) in [5.74, 6) is -1.86. The van der Waals surface area contributed by atoms with Gasteiger partial charge >= 0.3 is 5.97 Å². The Hall–Kier alpha value is -2.22.